The first-order valence-electron chi connectivity index (χ1n) is 8.22. The van der Waals surface area contributed by atoms with Crippen LogP contribution < -0.4 is 10.6 Å². The molecule has 3 aromatic heterocycles. The highest BCUT2D eigenvalue weighted by Gasteiger charge is 2.11. The molecule has 0 spiro atoms. The highest BCUT2D eigenvalue weighted by atomic mass is 32.1. The van der Waals surface area contributed by atoms with Crippen molar-refractivity contribution in [2.24, 2.45) is 0 Å². The Morgan fingerprint density at radius 3 is 2.65 bits per heavy atom. The summed E-state index contributed by atoms with van der Waals surface area (Å²) in [5.41, 5.74) is 2.56. The van der Waals surface area contributed by atoms with Gasteiger partial charge in [0.05, 0.1) is 16.1 Å². The lowest BCUT2D eigenvalue weighted by molar-refractivity contribution is 0.0948. The molecular formula is C18H19N5O2S. The van der Waals surface area contributed by atoms with Gasteiger partial charge >= 0.3 is 0 Å². The lowest BCUT2D eigenvalue weighted by Crippen LogP contribution is -2.30. The van der Waals surface area contributed by atoms with Crippen LogP contribution in [0.25, 0.3) is 10.6 Å². The van der Waals surface area contributed by atoms with E-state index < -0.39 is 0 Å². The van der Waals surface area contributed by atoms with Gasteiger partial charge in [0, 0.05) is 25.0 Å². The minimum atomic E-state index is -0.238. The second kappa shape index (κ2) is 8.39. The molecule has 0 unspecified atom stereocenters. The number of carbonyl (C=O) groups is 2. The molecule has 8 heteroatoms. The number of H-pyrrole nitrogens is 1. The van der Waals surface area contributed by atoms with Crippen molar-refractivity contribution in [1.82, 2.24) is 25.8 Å². The summed E-state index contributed by atoms with van der Waals surface area (Å²) in [5, 5.41) is 14.5. The number of carbonyl (C=O) groups excluding carboxylic acids is 2. The first kappa shape index (κ1) is 17.8. The monoisotopic (exact) mass is 369 g/mol. The molecule has 0 aliphatic rings. The molecule has 26 heavy (non-hydrogen) atoms. The zero-order chi connectivity index (χ0) is 18.4. The fourth-order valence-corrected chi connectivity index (χ4v) is 2.98. The van der Waals surface area contributed by atoms with Crippen molar-refractivity contribution >= 4 is 23.2 Å². The van der Waals surface area contributed by atoms with Gasteiger partial charge < -0.3 is 10.6 Å². The first-order valence-corrected chi connectivity index (χ1v) is 9.10. The highest BCUT2D eigenvalue weighted by molar-refractivity contribution is 7.13. The second-order valence-electron chi connectivity index (χ2n) is 5.70. The molecule has 0 aromatic carbocycles. The maximum atomic E-state index is 12.1. The Balaban J connectivity index is 1.39. The van der Waals surface area contributed by atoms with Gasteiger partial charge in [-0.2, -0.15) is 5.10 Å². The Morgan fingerprint density at radius 1 is 1.15 bits per heavy atom. The summed E-state index contributed by atoms with van der Waals surface area (Å²) in [6.45, 7) is 2.79. The molecule has 2 amide bonds. The number of aromatic amines is 1. The van der Waals surface area contributed by atoms with E-state index in [0.29, 0.717) is 30.8 Å². The van der Waals surface area contributed by atoms with Gasteiger partial charge in [0.1, 0.15) is 0 Å². The summed E-state index contributed by atoms with van der Waals surface area (Å²) in [6.07, 6.45) is 2.17. The molecule has 0 fully saturated rings. The van der Waals surface area contributed by atoms with Gasteiger partial charge in [0.15, 0.2) is 5.69 Å². The van der Waals surface area contributed by atoms with Gasteiger partial charge in [-0.1, -0.05) is 6.07 Å². The minimum absolute atomic E-state index is 0.170. The maximum Gasteiger partial charge on any atom is 0.271 e. The van der Waals surface area contributed by atoms with Gasteiger partial charge in [-0.05, 0) is 43.0 Å². The van der Waals surface area contributed by atoms with E-state index in [2.05, 4.69) is 25.8 Å². The van der Waals surface area contributed by atoms with Crippen LogP contribution in [-0.2, 0) is 0 Å². The molecule has 0 saturated heterocycles. The van der Waals surface area contributed by atoms with Crippen LogP contribution in [0.1, 0.15) is 33.0 Å². The van der Waals surface area contributed by atoms with Crippen molar-refractivity contribution in [3.8, 4) is 10.6 Å². The number of hydrogen-bond acceptors (Lipinski definition) is 5. The third-order valence-corrected chi connectivity index (χ3v) is 4.60. The molecule has 0 aliphatic carbocycles. The number of aryl methyl sites for hydroxylation is 1. The number of aromatic nitrogens is 3. The van der Waals surface area contributed by atoms with Crippen LogP contribution >= 0.6 is 11.3 Å². The van der Waals surface area contributed by atoms with E-state index in [9.17, 15) is 9.59 Å². The predicted molar refractivity (Wildman–Crippen MR) is 100 cm³/mol. The van der Waals surface area contributed by atoms with Crippen LogP contribution in [0.4, 0.5) is 0 Å². The van der Waals surface area contributed by atoms with E-state index in [4.69, 9.17) is 0 Å². The average Bonchev–Trinajstić information content (AvgIpc) is 3.33. The molecule has 0 radical (unpaired) electrons. The molecule has 0 saturated carbocycles. The van der Waals surface area contributed by atoms with Crippen LogP contribution in [-0.4, -0.2) is 40.1 Å². The molecular weight excluding hydrogens is 350 g/mol. The number of pyridine rings is 1. The van der Waals surface area contributed by atoms with Crippen molar-refractivity contribution in [1.29, 1.82) is 0 Å². The maximum absolute atomic E-state index is 12.1. The largest absolute Gasteiger partial charge is 0.352 e. The van der Waals surface area contributed by atoms with Crippen molar-refractivity contribution < 1.29 is 9.59 Å². The van der Waals surface area contributed by atoms with Crippen molar-refractivity contribution in [2.45, 2.75) is 13.3 Å². The quantitative estimate of drug-likeness (QED) is 0.557. The number of rotatable bonds is 7. The van der Waals surface area contributed by atoms with Crippen LogP contribution in [0.5, 0.6) is 0 Å². The molecule has 134 valence electrons. The normalized spacial score (nSPS) is 10.5. The predicted octanol–water partition coefficient (Wildman–Crippen LogP) is 2.39. The number of amides is 2. The summed E-state index contributed by atoms with van der Waals surface area (Å²) in [7, 11) is 0. The van der Waals surface area contributed by atoms with Crippen LogP contribution in [0.15, 0.2) is 41.9 Å². The van der Waals surface area contributed by atoms with E-state index >= 15 is 0 Å². The summed E-state index contributed by atoms with van der Waals surface area (Å²) < 4.78 is 0. The lowest BCUT2D eigenvalue weighted by Gasteiger charge is -2.06. The minimum Gasteiger partial charge on any atom is -0.352 e. The smallest absolute Gasteiger partial charge is 0.271 e. The third-order valence-electron chi connectivity index (χ3n) is 3.70. The fraction of sp³-hybridized carbons (Fsp3) is 0.222. The van der Waals surface area contributed by atoms with Gasteiger partial charge in [0.2, 0.25) is 0 Å². The Kier molecular flexibility index (Phi) is 5.75. The molecule has 3 N–H and O–H groups in total. The molecule has 0 aliphatic heterocycles. The lowest BCUT2D eigenvalue weighted by atomic mass is 10.2. The van der Waals surface area contributed by atoms with Gasteiger partial charge in [-0.25, -0.2) is 0 Å². The molecule has 0 bridgehead atoms. The molecule has 0 atom stereocenters. The fourth-order valence-electron chi connectivity index (χ4n) is 2.28. The number of hydrogen-bond donors (Lipinski definition) is 3. The highest BCUT2D eigenvalue weighted by Crippen LogP contribution is 2.22. The van der Waals surface area contributed by atoms with E-state index in [-0.39, 0.29) is 11.8 Å². The van der Waals surface area contributed by atoms with Crippen LogP contribution in [0.3, 0.4) is 0 Å². The summed E-state index contributed by atoms with van der Waals surface area (Å²) in [4.78, 5) is 29.2. The van der Waals surface area contributed by atoms with E-state index in [0.717, 1.165) is 16.3 Å². The molecule has 3 heterocycles. The van der Waals surface area contributed by atoms with Crippen LogP contribution in [0.2, 0.25) is 0 Å². The van der Waals surface area contributed by atoms with Gasteiger partial charge in [-0.15, -0.1) is 11.3 Å². The van der Waals surface area contributed by atoms with Crippen molar-refractivity contribution in [3.63, 3.8) is 0 Å². The average molecular weight is 369 g/mol. The van der Waals surface area contributed by atoms with E-state index in [1.54, 1.807) is 35.7 Å². The summed E-state index contributed by atoms with van der Waals surface area (Å²) in [5.74, 6) is -0.408. The van der Waals surface area contributed by atoms with E-state index in [1.807, 2.05) is 24.4 Å². The summed E-state index contributed by atoms with van der Waals surface area (Å²) in [6, 6.07) is 9.17. The Morgan fingerprint density at radius 2 is 1.96 bits per heavy atom. The third kappa shape index (κ3) is 4.54. The number of thiophene rings is 1. The Labute approximate surface area is 154 Å². The summed E-state index contributed by atoms with van der Waals surface area (Å²) >= 11 is 1.58. The number of nitrogens with one attached hydrogen (secondary N) is 3. The second-order valence-corrected chi connectivity index (χ2v) is 6.65. The van der Waals surface area contributed by atoms with Crippen molar-refractivity contribution in [3.05, 3.63) is 58.9 Å². The number of nitrogens with zero attached hydrogens (tertiary/aromatic N) is 2. The van der Waals surface area contributed by atoms with Crippen molar-refractivity contribution in [2.75, 3.05) is 13.1 Å². The van der Waals surface area contributed by atoms with Gasteiger partial charge in [-0.3, -0.25) is 19.7 Å². The Bertz CT molecular complexity index is 871. The molecule has 3 aromatic rings. The topological polar surface area (TPSA) is 99.8 Å². The first-order chi connectivity index (χ1) is 12.6. The van der Waals surface area contributed by atoms with Crippen LogP contribution in [0, 0.1) is 6.92 Å². The standard InChI is InChI=1S/C18H19N5O2S/c1-12-5-6-13(11-21-12)17(24)19-7-3-8-20-18(25)15-10-14(22-23-15)16-4-2-9-26-16/h2,4-6,9-11H,3,7-8H2,1H3,(H,19,24)(H,20,25)(H,22,23). The molecule has 3 rings (SSSR count). The zero-order valence-electron chi connectivity index (χ0n) is 14.3. The Hall–Kier alpha value is -3.00. The van der Waals surface area contributed by atoms with Gasteiger partial charge in [0.25, 0.3) is 11.8 Å². The van der Waals surface area contributed by atoms with E-state index in [1.165, 1.54) is 0 Å². The zero-order valence-corrected chi connectivity index (χ0v) is 15.1. The molecule has 7 nitrogen and oxygen atoms in total. The SMILES string of the molecule is Cc1ccc(C(=O)NCCCNC(=O)c2cc(-c3cccs3)[nH]n2)cn1.